The van der Waals surface area contributed by atoms with Crippen LogP contribution in [0.1, 0.15) is 21.5 Å². The number of aryl methyl sites for hydroxylation is 1. The van der Waals surface area contributed by atoms with Crippen LogP contribution in [0.5, 0.6) is 5.75 Å². The molecule has 0 saturated heterocycles. The first-order valence-corrected chi connectivity index (χ1v) is 10.8. The largest absolute Gasteiger partial charge is 0.495 e. The molecule has 0 aliphatic heterocycles. The zero-order valence-electron chi connectivity index (χ0n) is 17.1. The highest BCUT2D eigenvalue weighted by molar-refractivity contribution is 7.89. The molecule has 3 rings (SSSR count). The highest BCUT2D eigenvalue weighted by Gasteiger charge is 2.20. The zero-order valence-corrected chi connectivity index (χ0v) is 17.9. The van der Waals surface area contributed by atoms with Gasteiger partial charge in [0.1, 0.15) is 5.75 Å². The van der Waals surface area contributed by atoms with E-state index in [0.717, 1.165) is 11.1 Å². The molecule has 0 heterocycles. The molecule has 156 valence electrons. The van der Waals surface area contributed by atoms with Gasteiger partial charge in [0.05, 0.1) is 17.7 Å². The van der Waals surface area contributed by atoms with Crippen LogP contribution >= 0.6 is 0 Å². The summed E-state index contributed by atoms with van der Waals surface area (Å²) < 4.78 is 32.0. The molecule has 0 aliphatic rings. The molecule has 0 unspecified atom stereocenters. The van der Waals surface area contributed by atoms with Gasteiger partial charge in [0.25, 0.3) is 5.91 Å². The van der Waals surface area contributed by atoms with E-state index in [4.69, 9.17) is 4.74 Å². The van der Waals surface area contributed by atoms with Crippen molar-refractivity contribution in [2.45, 2.75) is 18.4 Å². The Bertz CT molecular complexity index is 1120. The molecule has 0 atom stereocenters. The number of carbonyl (C=O) groups excluding carboxylic acids is 1. The Kier molecular flexibility index (Phi) is 6.54. The molecule has 7 heteroatoms. The fraction of sp³-hybridized carbons (Fsp3) is 0.174. The normalized spacial score (nSPS) is 11.3. The molecule has 1 amide bonds. The second-order valence-corrected chi connectivity index (χ2v) is 8.97. The Morgan fingerprint density at radius 3 is 2.23 bits per heavy atom. The zero-order chi connectivity index (χ0) is 21.7. The third-order valence-electron chi connectivity index (χ3n) is 4.71. The van der Waals surface area contributed by atoms with Gasteiger partial charge in [0, 0.05) is 19.2 Å². The topological polar surface area (TPSA) is 75.7 Å². The van der Waals surface area contributed by atoms with Gasteiger partial charge < -0.3 is 10.1 Å². The summed E-state index contributed by atoms with van der Waals surface area (Å²) in [5.74, 6) is 0.303. The van der Waals surface area contributed by atoms with E-state index in [9.17, 15) is 13.2 Å². The minimum Gasteiger partial charge on any atom is -0.495 e. The van der Waals surface area contributed by atoms with Gasteiger partial charge in [0.15, 0.2) is 0 Å². The Morgan fingerprint density at radius 1 is 0.967 bits per heavy atom. The summed E-state index contributed by atoms with van der Waals surface area (Å²) in [6.45, 7) is 2.11. The van der Waals surface area contributed by atoms with Crippen LogP contribution in [0.15, 0.2) is 77.7 Å². The van der Waals surface area contributed by atoms with Gasteiger partial charge in [-0.25, -0.2) is 8.42 Å². The minimum atomic E-state index is -3.59. The van der Waals surface area contributed by atoms with E-state index in [1.165, 1.54) is 11.4 Å². The first-order valence-electron chi connectivity index (χ1n) is 9.37. The lowest BCUT2D eigenvalue weighted by atomic mass is 10.1. The Hall–Kier alpha value is -3.16. The number of sulfonamides is 1. The van der Waals surface area contributed by atoms with E-state index in [1.54, 1.807) is 67.8 Å². The number of nitrogens with one attached hydrogen (secondary N) is 1. The fourth-order valence-electron chi connectivity index (χ4n) is 2.94. The van der Waals surface area contributed by atoms with Gasteiger partial charge in [0.2, 0.25) is 10.0 Å². The van der Waals surface area contributed by atoms with Crippen LogP contribution in [0.25, 0.3) is 0 Å². The number of rotatable bonds is 7. The number of hydrogen-bond donors (Lipinski definition) is 1. The number of ether oxygens (including phenoxy) is 1. The lowest BCUT2D eigenvalue weighted by Gasteiger charge is -2.17. The maximum absolute atomic E-state index is 12.7. The molecule has 6 nitrogen and oxygen atoms in total. The number of anilines is 1. The molecular weight excluding hydrogens is 400 g/mol. The number of amides is 1. The molecule has 0 spiro atoms. The molecule has 30 heavy (non-hydrogen) atoms. The van der Waals surface area contributed by atoms with Crippen molar-refractivity contribution in [1.29, 1.82) is 0 Å². The summed E-state index contributed by atoms with van der Waals surface area (Å²) in [5.41, 5.74) is 2.83. The molecule has 3 aromatic carbocycles. The number of carbonyl (C=O) groups is 1. The van der Waals surface area contributed by atoms with Gasteiger partial charge in [-0.2, -0.15) is 4.31 Å². The van der Waals surface area contributed by atoms with Crippen molar-refractivity contribution < 1.29 is 17.9 Å². The summed E-state index contributed by atoms with van der Waals surface area (Å²) in [6, 6.07) is 20.8. The fourth-order valence-corrected chi connectivity index (χ4v) is 4.10. The van der Waals surface area contributed by atoms with Crippen LogP contribution in [0.2, 0.25) is 0 Å². The van der Waals surface area contributed by atoms with Crippen LogP contribution in [0, 0.1) is 6.92 Å². The predicted molar refractivity (Wildman–Crippen MR) is 117 cm³/mol. The highest BCUT2D eigenvalue weighted by atomic mass is 32.2. The molecule has 0 bridgehead atoms. The van der Waals surface area contributed by atoms with E-state index in [0.29, 0.717) is 17.0 Å². The maximum Gasteiger partial charge on any atom is 0.255 e. The number of benzene rings is 3. The third-order valence-corrected chi connectivity index (χ3v) is 6.52. The average molecular weight is 425 g/mol. The van der Waals surface area contributed by atoms with E-state index in [2.05, 4.69) is 5.32 Å². The lowest BCUT2D eigenvalue weighted by Crippen LogP contribution is -2.26. The van der Waals surface area contributed by atoms with Crippen molar-refractivity contribution in [2.75, 3.05) is 19.5 Å². The lowest BCUT2D eigenvalue weighted by molar-refractivity contribution is 0.102. The summed E-state index contributed by atoms with van der Waals surface area (Å²) in [7, 11) is -0.507. The van der Waals surface area contributed by atoms with E-state index in [1.807, 2.05) is 19.1 Å². The minimum absolute atomic E-state index is 0.199. The Balaban J connectivity index is 1.69. The second-order valence-electron chi connectivity index (χ2n) is 6.93. The highest BCUT2D eigenvalue weighted by Crippen LogP contribution is 2.24. The molecule has 0 fully saturated rings. The summed E-state index contributed by atoms with van der Waals surface area (Å²) >= 11 is 0. The number of hydrogen-bond acceptors (Lipinski definition) is 4. The van der Waals surface area contributed by atoms with Gasteiger partial charge >= 0.3 is 0 Å². The van der Waals surface area contributed by atoms with E-state index >= 15 is 0 Å². The van der Waals surface area contributed by atoms with Crippen molar-refractivity contribution >= 4 is 21.6 Å². The summed E-state index contributed by atoms with van der Waals surface area (Å²) in [5, 5.41) is 2.82. The van der Waals surface area contributed by atoms with Gasteiger partial charge in [-0.1, -0.05) is 42.0 Å². The number of methoxy groups -OCH3 is 1. The molecular formula is C23H24N2O4S. The van der Waals surface area contributed by atoms with Crippen molar-refractivity contribution in [3.05, 3.63) is 89.5 Å². The van der Waals surface area contributed by atoms with Crippen LogP contribution < -0.4 is 10.1 Å². The van der Waals surface area contributed by atoms with Crippen molar-refractivity contribution in [3.8, 4) is 5.75 Å². The average Bonchev–Trinajstić information content (AvgIpc) is 2.75. The van der Waals surface area contributed by atoms with Crippen molar-refractivity contribution in [3.63, 3.8) is 0 Å². The van der Waals surface area contributed by atoms with Crippen LogP contribution in [0.3, 0.4) is 0 Å². The van der Waals surface area contributed by atoms with Crippen LogP contribution in [-0.4, -0.2) is 32.8 Å². The van der Waals surface area contributed by atoms with E-state index in [-0.39, 0.29) is 17.3 Å². The summed E-state index contributed by atoms with van der Waals surface area (Å²) in [6.07, 6.45) is 0. The molecule has 3 aromatic rings. The number of para-hydroxylation sites is 2. The van der Waals surface area contributed by atoms with Crippen LogP contribution in [-0.2, 0) is 16.6 Å². The first-order chi connectivity index (χ1) is 14.3. The first kappa shape index (κ1) is 21.5. The standard InChI is InChI=1S/C23H24N2O4S/c1-17-8-14-20(15-9-17)30(27,28)25(2)16-18-10-12-19(13-11-18)23(26)24-21-6-4-5-7-22(21)29-3/h4-15H,16H2,1-3H3,(H,24,26). The Labute approximate surface area is 177 Å². The molecule has 0 saturated carbocycles. The monoisotopic (exact) mass is 424 g/mol. The van der Waals surface area contributed by atoms with E-state index < -0.39 is 10.0 Å². The van der Waals surface area contributed by atoms with Crippen molar-refractivity contribution in [2.24, 2.45) is 0 Å². The molecule has 0 aliphatic carbocycles. The summed E-state index contributed by atoms with van der Waals surface area (Å²) in [4.78, 5) is 12.8. The molecule has 0 aromatic heterocycles. The third kappa shape index (κ3) is 4.87. The molecule has 0 radical (unpaired) electrons. The number of nitrogens with zero attached hydrogens (tertiary/aromatic N) is 1. The van der Waals surface area contributed by atoms with Gasteiger partial charge in [-0.05, 0) is 48.9 Å². The second kappa shape index (κ2) is 9.11. The van der Waals surface area contributed by atoms with Crippen molar-refractivity contribution in [1.82, 2.24) is 4.31 Å². The quantitative estimate of drug-likeness (QED) is 0.620. The Morgan fingerprint density at radius 2 is 1.60 bits per heavy atom. The predicted octanol–water partition coefficient (Wildman–Crippen LogP) is 4.08. The smallest absolute Gasteiger partial charge is 0.255 e. The molecule has 1 N–H and O–H groups in total. The van der Waals surface area contributed by atoms with Gasteiger partial charge in [-0.15, -0.1) is 0 Å². The van der Waals surface area contributed by atoms with Gasteiger partial charge in [-0.3, -0.25) is 4.79 Å². The maximum atomic E-state index is 12.7. The SMILES string of the molecule is COc1ccccc1NC(=O)c1ccc(CN(C)S(=O)(=O)c2ccc(C)cc2)cc1. The van der Waals surface area contributed by atoms with Crippen LogP contribution in [0.4, 0.5) is 5.69 Å².